The molecule has 1 fully saturated rings. The summed E-state index contributed by atoms with van der Waals surface area (Å²) in [5.74, 6) is 1.49. The Labute approximate surface area is 151 Å². The molecule has 0 unspecified atom stereocenters. The van der Waals surface area contributed by atoms with Crippen LogP contribution in [-0.2, 0) is 5.54 Å². The molecule has 2 aliphatic rings. The van der Waals surface area contributed by atoms with E-state index in [9.17, 15) is 4.79 Å². The van der Waals surface area contributed by atoms with Crippen LogP contribution in [0.1, 0.15) is 24.0 Å². The van der Waals surface area contributed by atoms with E-state index in [1.807, 2.05) is 37.3 Å². The van der Waals surface area contributed by atoms with Crippen molar-refractivity contribution in [3.05, 3.63) is 52.5 Å². The molecular formula is C19H19ClN2O3. The molecule has 0 spiro atoms. The van der Waals surface area contributed by atoms with Crippen LogP contribution in [0, 0.1) is 6.92 Å². The molecule has 130 valence electrons. The predicted molar refractivity (Wildman–Crippen MR) is 96.7 cm³/mol. The fourth-order valence-corrected chi connectivity index (χ4v) is 3.18. The third-order valence-corrected chi connectivity index (χ3v) is 5.03. The highest BCUT2D eigenvalue weighted by molar-refractivity contribution is 6.31. The summed E-state index contributed by atoms with van der Waals surface area (Å²) in [6, 6.07) is 11.1. The van der Waals surface area contributed by atoms with E-state index in [-0.39, 0.29) is 11.6 Å². The molecule has 1 aliphatic carbocycles. The number of amides is 2. The van der Waals surface area contributed by atoms with Crippen molar-refractivity contribution in [2.24, 2.45) is 0 Å². The highest BCUT2D eigenvalue weighted by atomic mass is 35.5. The Morgan fingerprint density at radius 3 is 2.56 bits per heavy atom. The van der Waals surface area contributed by atoms with E-state index in [4.69, 9.17) is 21.1 Å². The topological polar surface area (TPSA) is 59.6 Å². The Morgan fingerprint density at radius 2 is 1.84 bits per heavy atom. The zero-order chi connectivity index (χ0) is 17.4. The van der Waals surface area contributed by atoms with Crippen LogP contribution >= 0.6 is 11.6 Å². The highest BCUT2D eigenvalue weighted by Crippen LogP contribution is 2.47. The van der Waals surface area contributed by atoms with Crippen LogP contribution in [0.3, 0.4) is 0 Å². The number of anilines is 1. The van der Waals surface area contributed by atoms with Crippen molar-refractivity contribution in [3.63, 3.8) is 0 Å². The van der Waals surface area contributed by atoms with Crippen LogP contribution in [0.25, 0.3) is 0 Å². The molecule has 0 bridgehead atoms. The third kappa shape index (κ3) is 3.24. The van der Waals surface area contributed by atoms with Gasteiger partial charge in [0.2, 0.25) is 0 Å². The van der Waals surface area contributed by atoms with E-state index in [0.29, 0.717) is 23.9 Å². The number of fused-ring (bicyclic) bond motifs is 1. The monoisotopic (exact) mass is 358 g/mol. The molecule has 0 saturated heterocycles. The Hall–Kier alpha value is -2.40. The SMILES string of the molecule is Cc1ccc(NC(=O)NC2(c3ccc4c(c3)OCCO4)CC2)cc1Cl. The number of ether oxygens (including phenoxy) is 2. The second-order valence-corrected chi connectivity index (χ2v) is 6.89. The lowest BCUT2D eigenvalue weighted by Gasteiger charge is -2.23. The number of nitrogens with one attached hydrogen (secondary N) is 2. The number of halogens is 1. The lowest BCUT2D eigenvalue weighted by molar-refractivity contribution is 0.171. The molecule has 6 heteroatoms. The smallest absolute Gasteiger partial charge is 0.319 e. The molecule has 2 N–H and O–H groups in total. The molecule has 0 atom stereocenters. The molecule has 5 nitrogen and oxygen atoms in total. The summed E-state index contributed by atoms with van der Waals surface area (Å²) in [5, 5.41) is 6.56. The first-order valence-electron chi connectivity index (χ1n) is 8.31. The normalized spacial score (nSPS) is 16.9. The minimum absolute atomic E-state index is 0.243. The maximum atomic E-state index is 12.4. The van der Waals surface area contributed by atoms with E-state index in [1.165, 1.54) is 0 Å². The number of carbonyl (C=O) groups excluding carboxylic acids is 1. The van der Waals surface area contributed by atoms with Crippen LogP contribution in [0.5, 0.6) is 11.5 Å². The zero-order valence-electron chi connectivity index (χ0n) is 13.9. The fraction of sp³-hybridized carbons (Fsp3) is 0.316. The molecule has 1 saturated carbocycles. The second kappa shape index (κ2) is 6.15. The average Bonchev–Trinajstić information content (AvgIpc) is 3.38. The molecule has 4 rings (SSSR count). The van der Waals surface area contributed by atoms with E-state index >= 15 is 0 Å². The summed E-state index contributed by atoms with van der Waals surface area (Å²) in [5.41, 5.74) is 2.34. The summed E-state index contributed by atoms with van der Waals surface area (Å²) >= 11 is 6.11. The lowest BCUT2D eigenvalue weighted by Crippen LogP contribution is -2.38. The van der Waals surface area contributed by atoms with Gasteiger partial charge >= 0.3 is 6.03 Å². The van der Waals surface area contributed by atoms with E-state index in [0.717, 1.165) is 35.5 Å². The van der Waals surface area contributed by atoms with Gasteiger partial charge < -0.3 is 20.1 Å². The second-order valence-electron chi connectivity index (χ2n) is 6.48. The number of carbonyl (C=O) groups is 1. The van der Waals surface area contributed by atoms with Crippen molar-refractivity contribution in [2.75, 3.05) is 18.5 Å². The molecule has 2 aromatic carbocycles. The molecule has 1 heterocycles. The molecule has 0 aromatic heterocycles. The number of rotatable bonds is 3. The highest BCUT2D eigenvalue weighted by Gasteiger charge is 2.46. The number of urea groups is 1. The van der Waals surface area contributed by atoms with Crippen LogP contribution in [-0.4, -0.2) is 19.2 Å². The number of benzene rings is 2. The fourth-order valence-electron chi connectivity index (χ4n) is 3.00. The largest absolute Gasteiger partial charge is 0.486 e. The van der Waals surface area contributed by atoms with E-state index in [1.54, 1.807) is 6.07 Å². The summed E-state index contributed by atoms with van der Waals surface area (Å²) in [6.45, 7) is 3.04. The Kier molecular flexibility index (Phi) is 3.96. The number of hydrogen-bond acceptors (Lipinski definition) is 3. The summed E-state index contributed by atoms with van der Waals surface area (Å²) in [7, 11) is 0. The predicted octanol–water partition coefficient (Wildman–Crippen LogP) is 4.23. The minimum Gasteiger partial charge on any atom is -0.486 e. The van der Waals surface area contributed by atoms with Gasteiger partial charge in [0, 0.05) is 10.7 Å². The molecule has 25 heavy (non-hydrogen) atoms. The van der Waals surface area contributed by atoms with Crippen molar-refractivity contribution in [1.82, 2.24) is 5.32 Å². The first-order valence-corrected chi connectivity index (χ1v) is 8.69. The van der Waals surface area contributed by atoms with Gasteiger partial charge in [-0.05, 0) is 55.2 Å². The van der Waals surface area contributed by atoms with Crippen LogP contribution in [0.2, 0.25) is 5.02 Å². The quantitative estimate of drug-likeness (QED) is 0.863. The van der Waals surface area contributed by atoms with Gasteiger partial charge in [-0.1, -0.05) is 23.7 Å². The third-order valence-electron chi connectivity index (χ3n) is 4.63. The van der Waals surface area contributed by atoms with Gasteiger partial charge in [-0.15, -0.1) is 0 Å². The summed E-state index contributed by atoms with van der Waals surface area (Å²) in [6.07, 6.45) is 1.80. The Bertz CT molecular complexity index is 833. The average molecular weight is 359 g/mol. The van der Waals surface area contributed by atoms with Gasteiger partial charge in [-0.3, -0.25) is 0 Å². The van der Waals surface area contributed by atoms with Crippen LogP contribution < -0.4 is 20.1 Å². The lowest BCUT2D eigenvalue weighted by atomic mass is 10.0. The standard InChI is InChI=1S/C19H19ClN2O3/c1-12-2-4-14(11-15(12)20)21-18(23)22-19(6-7-19)13-3-5-16-17(10-13)25-9-8-24-16/h2-5,10-11H,6-9H2,1H3,(H2,21,22,23). The maximum absolute atomic E-state index is 12.4. The summed E-state index contributed by atoms with van der Waals surface area (Å²) < 4.78 is 11.2. The Balaban J connectivity index is 1.48. The van der Waals surface area contributed by atoms with Gasteiger partial charge in [-0.2, -0.15) is 0 Å². The Morgan fingerprint density at radius 1 is 1.08 bits per heavy atom. The first-order chi connectivity index (χ1) is 12.1. The van der Waals surface area contributed by atoms with Crippen molar-refractivity contribution < 1.29 is 14.3 Å². The van der Waals surface area contributed by atoms with Gasteiger partial charge in [0.1, 0.15) is 13.2 Å². The zero-order valence-corrected chi connectivity index (χ0v) is 14.7. The molecular weight excluding hydrogens is 340 g/mol. The van der Waals surface area contributed by atoms with Crippen molar-refractivity contribution in [2.45, 2.75) is 25.3 Å². The summed E-state index contributed by atoms with van der Waals surface area (Å²) in [4.78, 5) is 12.4. The van der Waals surface area contributed by atoms with Gasteiger partial charge in [0.15, 0.2) is 11.5 Å². The molecule has 2 amide bonds. The number of hydrogen-bond donors (Lipinski definition) is 2. The molecule has 2 aromatic rings. The van der Waals surface area contributed by atoms with E-state index < -0.39 is 0 Å². The van der Waals surface area contributed by atoms with Crippen molar-refractivity contribution in [1.29, 1.82) is 0 Å². The van der Waals surface area contributed by atoms with Gasteiger partial charge in [0.05, 0.1) is 5.54 Å². The van der Waals surface area contributed by atoms with Crippen LogP contribution in [0.4, 0.5) is 10.5 Å². The van der Waals surface area contributed by atoms with E-state index in [2.05, 4.69) is 10.6 Å². The number of aryl methyl sites for hydroxylation is 1. The minimum atomic E-state index is -0.339. The van der Waals surface area contributed by atoms with Gasteiger partial charge in [-0.25, -0.2) is 4.79 Å². The molecule has 0 radical (unpaired) electrons. The van der Waals surface area contributed by atoms with Crippen LogP contribution in [0.15, 0.2) is 36.4 Å². The van der Waals surface area contributed by atoms with Crippen molar-refractivity contribution in [3.8, 4) is 11.5 Å². The molecule has 1 aliphatic heterocycles. The first kappa shape index (κ1) is 16.1. The van der Waals surface area contributed by atoms with Gasteiger partial charge in [0.25, 0.3) is 0 Å². The van der Waals surface area contributed by atoms with Crippen molar-refractivity contribution >= 4 is 23.3 Å². The maximum Gasteiger partial charge on any atom is 0.319 e.